The van der Waals surface area contributed by atoms with Gasteiger partial charge in [-0.3, -0.25) is 5.32 Å². The Labute approximate surface area is 134 Å². The number of nitrogens with one attached hydrogen (secondary N) is 1. The van der Waals surface area contributed by atoms with Crippen LogP contribution in [0.5, 0.6) is 0 Å². The van der Waals surface area contributed by atoms with Gasteiger partial charge in [0.25, 0.3) is 0 Å². The average Bonchev–Trinajstić information content (AvgIpc) is 2.80. The lowest BCUT2D eigenvalue weighted by molar-refractivity contribution is -0.142. The van der Waals surface area contributed by atoms with Gasteiger partial charge in [0.15, 0.2) is 11.5 Å². The smallest absolute Gasteiger partial charge is 0.435 e. The fourth-order valence-corrected chi connectivity index (χ4v) is 1.79. The summed E-state index contributed by atoms with van der Waals surface area (Å²) in [5.74, 6) is -0.951. The van der Waals surface area contributed by atoms with Crippen LogP contribution in [-0.4, -0.2) is 26.5 Å². The van der Waals surface area contributed by atoms with E-state index in [1.165, 1.54) is 0 Å². The van der Waals surface area contributed by atoms with Crippen molar-refractivity contribution in [1.82, 2.24) is 14.8 Å². The number of amides is 1. The topological polar surface area (TPSA) is 69.0 Å². The molecule has 6 nitrogen and oxygen atoms in total. The third kappa shape index (κ3) is 4.21. The summed E-state index contributed by atoms with van der Waals surface area (Å²) in [7, 11) is 0. The third-order valence-corrected chi connectivity index (χ3v) is 2.60. The van der Waals surface area contributed by atoms with Crippen molar-refractivity contribution < 1.29 is 27.1 Å². The second kappa shape index (κ2) is 6.10. The lowest BCUT2D eigenvalue weighted by Gasteiger charge is -2.20. The van der Waals surface area contributed by atoms with E-state index >= 15 is 0 Å². The van der Waals surface area contributed by atoms with Crippen LogP contribution in [0.1, 0.15) is 26.5 Å². The van der Waals surface area contributed by atoms with Crippen molar-refractivity contribution >= 4 is 11.8 Å². The number of halogens is 4. The number of carbonyl (C=O) groups is 1. The molecule has 0 aromatic carbocycles. The number of rotatable bonds is 2. The zero-order valence-corrected chi connectivity index (χ0v) is 13.0. The van der Waals surface area contributed by atoms with Crippen molar-refractivity contribution in [3.63, 3.8) is 0 Å². The van der Waals surface area contributed by atoms with Gasteiger partial charge in [0, 0.05) is 0 Å². The summed E-state index contributed by atoms with van der Waals surface area (Å²) in [6.07, 6.45) is -4.31. The number of aromatic nitrogens is 3. The molecule has 0 bridgehead atoms. The Bertz CT molecular complexity index is 733. The molecule has 0 aliphatic heterocycles. The van der Waals surface area contributed by atoms with E-state index in [2.05, 4.69) is 10.1 Å². The number of hydrogen-bond acceptors (Lipinski definition) is 4. The van der Waals surface area contributed by atoms with Gasteiger partial charge < -0.3 is 4.74 Å². The van der Waals surface area contributed by atoms with Crippen molar-refractivity contribution in [1.29, 1.82) is 0 Å². The number of carbonyl (C=O) groups excluding carboxylic acids is 1. The Morgan fingerprint density at radius 1 is 1.21 bits per heavy atom. The molecule has 0 radical (unpaired) electrons. The molecule has 1 N–H and O–H groups in total. The second-order valence-corrected chi connectivity index (χ2v) is 5.78. The lowest BCUT2D eigenvalue weighted by atomic mass is 10.2. The second-order valence-electron chi connectivity index (χ2n) is 5.78. The highest BCUT2D eigenvalue weighted by atomic mass is 19.4. The molecule has 0 saturated carbocycles. The Morgan fingerprint density at radius 2 is 1.88 bits per heavy atom. The first-order valence-corrected chi connectivity index (χ1v) is 6.74. The normalized spacial score (nSPS) is 12.1. The van der Waals surface area contributed by atoms with Crippen molar-refractivity contribution in [2.45, 2.75) is 32.5 Å². The van der Waals surface area contributed by atoms with Crippen LogP contribution in [0.15, 0.2) is 24.5 Å². The molecule has 0 fully saturated rings. The molecule has 2 aromatic heterocycles. The predicted molar refractivity (Wildman–Crippen MR) is 76.2 cm³/mol. The van der Waals surface area contributed by atoms with Crippen LogP contribution in [0.4, 0.5) is 28.0 Å². The third-order valence-electron chi connectivity index (χ3n) is 2.60. The number of hydrogen-bond donors (Lipinski definition) is 1. The van der Waals surface area contributed by atoms with Crippen molar-refractivity contribution in [2.75, 3.05) is 5.32 Å². The highest BCUT2D eigenvalue weighted by Crippen LogP contribution is 2.36. The fourth-order valence-electron chi connectivity index (χ4n) is 1.79. The van der Waals surface area contributed by atoms with Crippen LogP contribution in [0, 0.1) is 5.82 Å². The standard InChI is InChI=1S/C14H14F4N4O2/c1-13(2,3)24-12(23)21-9-7-20-22(11(9)14(16,17)18)10-5-4-8(15)6-19-10/h4-7H,1-3H3,(H,21,23). The molecular formula is C14H14F4N4O2. The monoisotopic (exact) mass is 346 g/mol. The molecule has 0 saturated heterocycles. The quantitative estimate of drug-likeness (QED) is 0.841. The minimum atomic E-state index is -4.84. The van der Waals surface area contributed by atoms with E-state index in [1.54, 1.807) is 20.8 Å². The fraction of sp³-hybridized carbons (Fsp3) is 0.357. The number of ether oxygens (including phenoxy) is 1. The van der Waals surface area contributed by atoms with E-state index < -0.39 is 35.1 Å². The number of pyridine rings is 1. The van der Waals surface area contributed by atoms with Gasteiger partial charge in [0.2, 0.25) is 0 Å². The highest BCUT2D eigenvalue weighted by Gasteiger charge is 2.40. The zero-order valence-electron chi connectivity index (χ0n) is 13.0. The molecule has 2 rings (SSSR count). The summed E-state index contributed by atoms with van der Waals surface area (Å²) in [6, 6.07) is 1.99. The number of nitrogens with zero attached hydrogens (tertiary/aromatic N) is 3. The van der Waals surface area contributed by atoms with Gasteiger partial charge in [0.1, 0.15) is 11.4 Å². The first-order valence-electron chi connectivity index (χ1n) is 6.74. The van der Waals surface area contributed by atoms with Gasteiger partial charge in [-0.05, 0) is 32.9 Å². The van der Waals surface area contributed by atoms with Crippen LogP contribution in [0.25, 0.3) is 5.82 Å². The van der Waals surface area contributed by atoms with E-state index in [0.717, 1.165) is 24.5 Å². The molecule has 0 atom stereocenters. The maximum absolute atomic E-state index is 13.3. The lowest BCUT2D eigenvalue weighted by Crippen LogP contribution is -2.28. The minimum absolute atomic E-state index is 0.249. The predicted octanol–water partition coefficient (Wildman–Crippen LogP) is 3.77. The molecule has 0 spiro atoms. The summed E-state index contributed by atoms with van der Waals surface area (Å²) in [5.41, 5.74) is -2.73. The Balaban J connectivity index is 2.40. The molecule has 2 heterocycles. The maximum atomic E-state index is 13.3. The average molecular weight is 346 g/mol. The van der Waals surface area contributed by atoms with Crippen molar-refractivity contribution in [3.8, 4) is 5.82 Å². The minimum Gasteiger partial charge on any atom is -0.444 e. The van der Waals surface area contributed by atoms with Crippen molar-refractivity contribution in [3.05, 3.63) is 36.0 Å². The molecule has 0 unspecified atom stereocenters. The van der Waals surface area contributed by atoms with E-state index in [4.69, 9.17) is 4.74 Å². The SMILES string of the molecule is CC(C)(C)OC(=O)Nc1cnn(-c2ccc(F)cn2)c1C(F)(F)F. The van der Waals surface area contributed by atoms with E-state index in [1.807, 2.05) is 5.32 Å². The molecule has 1 amide bonds. The van der Waals surface area contributed by atoms with E-state index in [0.29, 0.717) is 4.68 Å². The van der Waals surface area contributed by atoms with Crippen LogP contribution in [-0.2, 0) is 10.9 Å². The van der Waals surface area contributed by atoms with Gasteiger partial charge in [0.05, 0.1) is 18.1 Å². The van der Waals surface area contributed by atoms with Gasteiger partial charge in [-0.25, -0.2) is 18.9 Å². The van der Waals surface area contributed by atoms with Gasteiger partial charge in [-0.15, -0.1) is 0 Å². The van der Waals surface area contributed by atoms with Gasteiger partial charge in [-0.2, -0.15) is 18.3 Å². The summed E-state index contributed by atoms with van der Waals surface area (Å²) in [6.45, 7) is 4.72. The first kappa shape index (κ1) is 17.7. The van der Waals surface area contributed by atoms with Crippen LogP contribution in [0.2, 0.25) is 0 Å². The van der Waals surface area contributed by atoms with Crippen LogP contribution < -0.4 is 5.32 Å². The largest absolute Gasteiger partial charge is 0.444 e. The van der Waals surface area contributed by atoms with Crippen LogP contribution >= 0.6 is 0 Å². The summed E-state index contributed by atoms with van der Waals surface area (Å²) in [5, 5.41) is 5.58. The maximum Gasteiger partial charge on any atom is 0.435 e. The molecule has 24 heavy (non-hydrogen) atoms. The van der Waals surface area contributed by atoms with E-state index in [9.17, 15) is 22.4 Å². The van der Waals surface area contributed by atoms with Crippen molar-refractivity contribution in [2.24, 2.45) is 0 Å². The van der Waals surface area contributed by atoms with Crippen LogP contribution in [0.3, 0.4) is 0 Å². The number of anilines is 1. The summed E-state index contributed by atoms with van der Waals surface area (Å²) in [4.78, 5) is 15.3. The summed E-state index contributed by atoms with van der Waals surface area (Å²) >= 11 is 0. The molecule has 2 aromatic rings. The van der Waals surface area contributed by atoms with Gasteiger partial charge >= 0.3 is 12.3 Å². The zero-order chi connectivity index (χ0) is 18.1. The molecular weight excluding hydrogens is 332 g/mol. The summed E-state index contributed by atoms with van der Waals surface area (Å²) < 4.78 is 58.3. The van der Waals surface area contributed by atoms with Gasteiger partial charge in [-0.1, -0.05) is 0 Å². The molecule has 10 heteroatoms. The van der Waals surface area contributed by atoms with E-state index in [-0.39, 0.29) is 5.82 Å². The molecule has 0 aliphatic carbocycles. The number of alkyl halides is 3. The molecule has 0 aliphatic rings. The first-order chi connectivity index (χ1) is 11.0. The highest BCUT2D eigenvalue weighted by molar-refractivity contribution is 5.85. The Kier molecular flexibility index (Phi) is 4.50. The Hall–Kier alpha value is -2.65. The Morgan fingerprint density at radius 3 is 2.38 bits per heavy atom. The molecule has 130 valence electrons.